The molecule has 146 valence electrons. The van der Waals surface area contributed by atoms with E-state index in [0.717, 1.165) is 49.6 Å². The summed E-state index contributed by atoms with van der Waals surface area (Å²) in [5, 5.41) is 7.50. The predicted octanol–water partition coefficient (Wildman–Crippen LogP) is 3.65. The first-order valence-corrected chi connectivity index (χ1v) is 10.2. The summed E-state index contributed by atoms with van der Waals surface area (Å²) >= 11 is 6.11. The molecular weight excluding hydrogens is 374 g/mol. The number of amides is 1. The molecule has 2 N–H and O–H groups in total. The molecule has 0 aliphatic carbocycles. The summed E-state index contributed by atoms with van der Waals surface area (Å²) in [6, 6.07) is 15.7. The number of anilines is 1. The molecule has 1 unspecified atom stereocenters. The van der Waals surface area contributed by atoms with Gasteiger partial charge in [-0.15, -0.1) is 0 Å². The fraction of sp³-hybridized carbons (Fsp3) is 0.409. The Hall–Kier alpha value is -2.08. The number of ether oxygens (including phenoxy) is 1. The van der Waals surface area contributed by atoms with E-state index in [2.05, 4.69) is 21.6 Å². The van der Waals surface area contributed by atoms with Gasteiger partial charge in [-0.3, -0.25) is 9.69 Å². The Balaban J connectivity index is 1.25. The van der Waals surface area contributed by atoms with Crippen LogP contribution in [0.25, 0.3) is 0 Å². The molecule has 2 aromatic rings. The van der Waals surface area contributed by atoms with E-state index in [1.165, 1.54) is 5.56 Å². The number of hydrogen-bond acceptors (Lipinski definition) is 4. The maximum Gasteiger partial charge on any atom is 0.255 e. The van der Waals surface area contributed by atoms with Crippen molar-refractivity contribution in [2.45, 2.75) is 37.1 Å². The summed E-state index contributed by atoms with van der Waals surface area (Å²) in [5.74, 6) is -0.0200. The average Bonchev–Trinajstić information content (AvgIpc) is 3.01. The van der Waals surface area contributed by atoms with Crippen LogP contribution < -0.4 is 10.6 Å². The van der Waals surface area contributed by atoms with Gasteiger partial charge >= 0.3 is 0 Å². The van der Waals surface area contributed by atoms with Gasteiger partial charge in [0.25, 0.3) is 5.91 Å². The number of para-hydroxylation sites is 1. The topological polar surface area (TPSA) is 53.6 Å². The molecule has 0 radical (unpaired) electrons. The van der Waals surface area contributed by atoms with Crippen LogP contribution >= 0.6 is 11.6 Å². The van der Waals surface area contributed by atoms with Crippen molar-refractivity contribution in [1.82, 2.24) is 10.2 Å². The number of halogens is 1. The number of piperidine rings is 1. The first-order chi connectivity index (χ1) is 13.5. The van der Waals surface area contributed by atoms with Crippen molar-refractivity contribution < 1.29 is 9.53 Å². The first kappa shape index (κ1) is 18.0. The molecule has 28 heavy (non-hydrogen) atoms. The van der Waals surface area contributed by atoms with E-state index in [1.807, 2.05) is 42.5 Å². The Morgan fingerprint density at radius 1 is 1.07 bits per heavy atom. The highest BCUT2D eigenvalue weighted by atomic mass is 35.5. The smallest absolute Gasteiger partial charge is 0.255 e. The van der Waals surface area contributed by atoms with Crippen LogP contribution in [0.5, 0.6) is 0 Å². The molecule has 3 heterocycles. The molecule has 0 bridgehead atoms. The second-order valence-corrected chi connectivity index (χ2v) is 8.70. The van der Waals surface area contributed by atoms with E-state index < -0.39 is 5.66 Å². The molecule has 1 atom stereocenters. The molecule has 6 heteroatoms. The van der Waals surface area contributed by atoms with Gasteiger partial charge in [-0.2, -0.15) is 0 Å². The predicted molar refractivity (Wildman–Crippen MR) is 110 cm³/mol. The molecule has 0 saturated carbocycles. The molecule has 3 aliphatic heterocycles. The van der Waals surface area contributed by atoms with Crippen molar-refractivity contribution in [2.75, 3.05) is 25.0 Å². The quantitative estimate of drug-likeness (QED) is 0.812. The third kappa shape index (κ3) is 3.28. The Morgan fingerprint density at radius 3 is 2.71 bits per heavy atom. The van der Waals surface area contributed by atoms with Crippen LogP contribution in [0, 0.1) is 0 Å². The van der Waals surface area contributed by atoms with Gasteiger partial charge in [0, 0.05) is 36.8 Å². The Bertz CT molecular complexity index is 910. The van der Waals surface area contributed by atoms with Gasteiger partial charge in [0.15, 0.2) is 0 Å². The normalized spacial score (nSPS) is 26.1. The highest BCUT2D eigenvalue weighted by molar-refractivity contribution is 6.30. The molecule has 2 spiro atoms. The summed E-state index contributed by atoms with van der Waals surface area (Å²) in [6.45, 7) is 3.37. The number of rotatable bonds is 2. The summed E-state index contributed by atoms with van der Waals surface area (Å²) < 4.78 is 6.33. The Morgan fingerprint density at radius 2 is 1.89 bits per heavy atom. The molecular formula is C22H24ClN3O2. The third-order valence-corrected chi connectivity index (χ3v) is 6.44. The van der Waals surface area contributed by atoms with E-state index in [4.69, 9.17) is 16.3 Å². The van der Waals surface area contributed by atoms with Crippen molar-refractivity contribution in [2.24, 2.45) is 0 Å². The maximum absolute atomic E-state index is 12.6. The monoisotopic (exact) mass is 397 g/mol. The molecule has 3 aliphatic rings. The lowest BCUT2D eigenvalue weighted by Crippen LogP contribution is -2.59. The van der Waals surface area contributed by atoms with Crippen LogP contribution in [0.3, 0.4) is 0 Å². The lowest BCUT2D eigenvalue weighted by Gasteiger charge is -2.41. The lowest BCUT2D eigenvalue weighted by atomic mass is 9.84. The van der Waals surface area contributed by atoms with Crippen LogP contribution in [0.4, 0.5) is 5.69 Å². The summed E-state index contributed by atoms with van der Waals surface area (Å²) in [4.78, 5) is 15.0. The SMILES string of the molecule is O=C1NC2(COC3(CCN(Cc4cccc(Cl)c4)CC3)C2)Nc2ccccc21. The van der Waals surface area contributed by atoms with Crippen molar-refractivity contribution >= 4 is 23.2 Å². The van der Waals surface area contributed by atoms with Gasteiger partial charge in [-0.1, -0.05) is 35.9 Å². The molecule has 0 aromatic heterocycles. The second-order valence-electron chi connectivity index (χ2n) is 8.26. The number of likely N-dealkylation sites (tertiary alicyclic amines) is 1. The minimum Gasteiger partial charge on any atom is -0.370 e. The first-order valence-electron chi connectivity index (χ1n) is 9.85. The minimum atomic E-state index is -0.499. The highest BCUT2D eigenvalue weighted by Gasteiger charge is 2.53. The molecule has 5 rings (SSSR count). The van der Waals surface area contributed by atoms with E-state index in [-0.39, 0.29) is 11.5 Å². The number of nitrogens with zero attached hydrogens (tertiary/aromatic N) is 1. The summed E-state index contributed by atoms with van der Waals surface area (Å²) in [7, 11) is 0. The van der Waals surface area contributed by atoms with Crippen LogP contribution in [0.2, 0.25) is 5.02 Å². The molecule has 2 aromatic carbocycles. The van der Waals surface area contributed by atoms with E-state index in [9.17, 15) is 4.79 Å². The number of benzene rings is 2. The number of carbonyl (C=O) groups is 1. The number of carbonyl (C=O) groups excluding carboxylic acids is 1. The van der Waals surface area contributed by atoms with Crippen LogP contribution in [-0.4, -0.2) is 41.8 Å². The van der Waals surface area contributed by atoms with Crippen molar-refractivity contribution in [3.8, 4) is 0 Å². The average molecular weight is 398 g/mol. The molecule has 5 nitrogen and oxygen atoms in total. The Kier molecular flexibility index (Phi) is 4.34. The number of nitrogens with one attached hydrogen (secondary N) is 2. The fourth-order valence-corrected chi connectivity index (χ4v) is 5.00. The number of fused-ring (bicyclic) bond motifs is 1. The fourth-order valence-electron chi connectivity index (χ4n) is 4.79. The summed E-state index contributed by atoms with van der Waals surface area (Å²) in [5.41, 5.74) is 2.17. The minimum absolute atomic E-state index is 0.0200. The molecule has 1 amide bonds. The zero-order valence-corrected chi connectivity index (χ0v) is 16.5. The maximum atomic E-state index is 12.6. The lowest BCUT2D eigenvalue weighted by molar-refractivity contribution is -0.0452. The zero-order chi connectivity index (χ0) is 19.2. The largest absolute Gasteiger partial charge is 0.370 e. The van der Waals surface area contributed by atoms with Gasteiger partial charge in [-0.25, -0.2) is 0 Å². The second kappa shape index (κ2) is 6.76. The van der Waals surface area contributed by atoms with Gasteiger partial charge in [0.1, 0.15) is 5.66 Å². The zero-order valence-electron chi connectivity index (χ0n) is 15.7. The van der Waals surface area contributed by atoms with E-state index in [1.54, 1.807) is 0 Å². The highest BCUT2D eigenvalue weighted by Crippen LogP contribution is 2.43. The van der Waals surface area contributed by atoms with Crippen LogP contribution in [-0.2, 0) is 11.3 Å². The molecule has 2 fully saturated rings. The van der Waals surface area contributed by atoms with Gasteiger partial charge in [-0.05, 0) is 42.7 Å². The third-order valence-electron chi connectivity index (χ3n) is 6.21. The van der Waals surface area contributed by atoms with Crippen LogP contribution in [0.15, 0.2) is 48.5 Å². The molecule has 2 saturated heterocycles. The van der Waals surface area contributed by atoms with Crippen molar-refractivity contribution in [3.05, 3.63) is 64.7 Å². The van der Waals surface area contributed by atoms with E-state index >= 15 is 0 Å². The summed E-state index contributed by atoms with van der Waals surface area (Å²) in [6.07, 6.45) is 2.73. The van der Waals surface area contributed by atoms with Crippen LogP contribution in [0.1, 0.15) is 35.2 Å². The van der Waals surface area contributed by atoms with Gasteiger partial charge < -0.3 is 15.4 Å². The Labute approximate surface area is 170 Å². The standard InChI is InChI=1S/C22H24ClN3O2/c23-17-5-3-4-16(12-17)13-26-10-8-21(9-11-26)14-22(15-28-21)24-19-7-2-1-6-18(19)20(27)25-22/h1-7,12,24H,8-11,13-15H2,(H,25,27). The van der Waals surface area contributed by atoms with E-state index in [0.29, 0.717) is 12.2 Å². The number of hydrogen-bond donors (Lipinski definition) is 2. The van der Waals surface area contributed by atoms with Crippen molar-refractivity contribution in [3.63, 3.8) is 0 Å². The van der Waals surface area contributed by atoms with Gasteiger partial charge in [0.05, 0.1) is 17.8 Å². The van der Waals surface area contributed by atoms with Gasteiger partial charge in [0.2, 0.25) is 0 Å². The van der Waals surface area contributed by atoms with Crippen molar-refractivity contribution in [1.29, 1.82) is 0 Å².